The second-order valence-electron chi connectivity index (χ2n) is 7.50. The molecule has 0 bridgehead atoms. The number of carboxylic acids is 1. The summed E-state index contributed by atoms with van der Waals surface area (Å²) in [7, 11) is 0. The van der Waals surface area contributed by atoms with E-state index in [-0.39, 0.29) is 6.54 Å². The average molecular weight is 369 g/mol. The molecule has 2 aromatic rings. The Balaban J connectivity index is 1.50. The van der Waals surface area contributed by atoms with Gasteiger partial charge in [-0.25, -0.2) is 9.97 Å². The van der Waals surface area contributed by atoms with E-state index < -0.39 is 5.97 Å². The van der Waals surface area contributed by atoms with E-state index in [9.17, 15) is 4.79 Å². The minimum absolute atomic E-state index is 0.114. The van der Waals surface area contributed by atoms with Crippen LogP contribution in [0.3, 0.4) is 0 Å². The summed E-state index contributed by atoms with van der Waals surface area (Å²) in [4.78, 5) is 25.1. The third-order valence-corrected chi connectivity index (χ3v) is 5.67. The van der Waals surface area contributed by atoms with Gasteiger partial charge in [-0.15, -0.1) is 0 Å². The molecule has 0 amide bonds. The van der Waals surface area contributed by atoms with Gasteiger partial charge < -0.3 is 15.3 Å². The number of hydrogen-bond acceptors (Lipinski definition) is 6. The molecule has 1 aromatic carbocycles. The average Bonchev–Trinajstić information content (AvgIpc) is 3.16. The largest absolute Gasteiger partial charge is 0.480 e. The molecule has 1 saturated heterocycles. The summed E-state index contributed by atoms with van der Waals surface area (Å²) in [6.45, 7) is 4.94. The van der Waals surface area contributed by atoms with Crippen molar-refractivity contribution in [3.63, 3.8) is 0 Å². The second kappa shape index (κ2) is 7.68. The molecule has 1 aliphatic heterocycles. The predicted molar refractivity (Wildman–Crippen MR) is 106 cm³/mol. The highest BCUT2D eigenvalue weighted by Gasteiger charge is 2.35. The Morgan fingerprint density at radius 2 is 1.89 bits per heavy atom. The highest BCUT2D eigenvalue weighted by molar-refractivity contribution is 5.80. The smallest absolute Gasteiger partial charge is 0.317 e. The fraction of sp³-hybridized carbons (Fsp3) is 0.550. The summed E-state index contributed by atoms with van der Waals surface area (Å²) in [5.74, 6) is 1.05. The van der Waals surface area contributed by atoms with Gasteiger partial charge >= 0.3 is 5.97 Å². The first-order valence-electron chi connectivity index (χ1n) is 9.88. The van der Waals surface area contributed by atoms with Crippen LogP contribution in [-0.4, -0.2) is 64.2 Å². The summed E-state index contributed by atoms with van der Waals surface area (Å²) in [6.07, 6.45) is 4.27. The van der Waals surface area contributed by atoms with E-state index >= 15 is 0 Å². The van der Waals surface area contributed by atoms with Crippen molar-refractivity contribution in [2.75, 3.05) is 36.4 Å². The van der Waals surface area contributed by atoms with Gasteiger partial charge in [-0.05, 0) is 44.4 Å². The topological polar surface area (TPSA) is 81.6 Å². The van der Waals surface area contributed by atoms with Gasteiger partial charge in [0.25, 0.3) is 0 Å². The first-order chi connectivity index (χ1) is 13.1. The third kappa shape index (κ3) is 3.83. The van der Waals surface area contributed by atoms with Crippen molar-refractivity contribution >= 4 is 28.6 Å². The van der Waals surface area contributed by atoms with E-state index in [1.807, 2.05) is 36.1 Å². The van der Waals surface area contributed by atoms with Crippen LogP contribution in [0.5, 0.6) is 0 Å². The van der Waals surface area contributed by atoms with Crippen LogP contribution in [-0.2, 0) is 4.79 Å². The normalized spacial score (nSPS) is 22.2. The zero-order chi connectivity index (χ0) is 18.8. The second-order valence-corrected chi connectivity index (χ2v) is 7.50. The van der Waals surface area contributed by atoms with Crippen LogP contribution in [0.2, 0.25) is 0 Å². The van der Waals surface area contributed by atoms with Crippen LogP contribution >= 0.6 is 0 Å². The number of aromatic nitrogens is 2. The van der Waals surface area contributed by atoms with Crippen molar-refractivity contribution in [3.05, 3.63) is 24.3 Å². The lowest BCUT2D eigenvalue weighted by molar-refractivity contribution is -0.139. The molecule has 7 nitrogen and oxygen atoms in total. The zero-order valence-corrected chi connectivity index (χ0v) is 15.8. The lowest BCUT2D eigenvalue weighted by Gasteiger charge is -2.42. The Bertz CT molecular complexity index is 815. The summed E-state index contributed by atoms with van der Waals surface area (Å²) in [6, 6.07) is 8.63. The van der Waals surface area contributed by atoms with Gasteiger partial charge in [-0.1, -0.05) is 19.1 Å². The van der Waals surface area contributed by atoms with Crippen molar-refractivity contribution in [1.29, 1.82) is 0 Å². The van der Waals surface area contributed by atoms with Gasteiger partial charge in [-0.3, -0.25) is 9.69 Å². The molecular weight excluding hydrogens is 342 g/mol. The number of aliphatic carboxylic acids is 1. The van der Waals surface area contributed by atoms with E-state index in [4.69, 9.17) is 15.1 Å². The quantitative estimate of drug-likeness (QED) is 0.776. The Morgan fingerprint density at radius 1 is 1.22 bits per heavy atom. The van der Waals surface area contributed by atoms with Crippen LogP contribution in [0.4, 0.5) is 11.6 Å². The molecule has 7 heteroatoms. The maximum absolute atomic E-state index is 11.0. The molecule has 2 fully saturated rings. The van der Waals surface area contributed by atoms with Gasteiger partial charge in [0.15, 0.2) is 11.6 Å². The number of nitrogens with one attached hydrogen (secondary N) is 1. The van der Waals surface area contributed by atoms with Gasteiger partial charge in [-0.2, -0.15) is 0 Å². The van der Waals surface area contributed by atoms with Gasteiger partial charge in [0.05, 0.1) is 17.6 Å². The maximum Gasteiger partial charge on any atom is 0.317 e. The van der Waals surface area contributed by atoms with Crippen molar-refractivity contribution in [1.82, 2.24) is 14.9 Å². The van der Waals surface area contributed by atoms with Gasteiger partial charge in [0.2, 0.25) is 0 Å². The molecule has 2 N–H and O–H groups in total. The zero-order valence-electron chi connectivity index (χ0n) is 15.8. The lowest BCUT2D eigenvalue weighted by Crippen LogP contribution is -2.51. The number of hydrogen-bond donors (Lipinski definition) is 2. The van der Waals surface area contributed by atoms with E-state index in [1.165, 1.54) is 12.8 Å². The molecule has 1 saturated carbocycles. The van der Waals surface area contributed by atoms with Crippen LogP contribution in [0.1, 0.15) is 32.6 Å². The van der Waals surface area contributed by atoms with Crippen LogP contribution in [0.15, 0.2) is 24.3 Å². The van der Waals surface area contributed by atoms with Crippen LogP contribution in [0.25, 0.3) is 11.0 Å². The van der Waals surface area contributed by atoms with Crippen LogP contribution < -0.4 is 10.2 Å². The summed E-state index contributed by atoms with van der Waals surface area (Å²) >= 11 is 0. The molecule has 4 rings (SSSR count). The maximum atomic E-state index is 11.0. The number of benzene rings is 1. The predicted octanol–water partition coefficient (Wildman–Crippen LogP) is 2.58. The highest BCUT2D eigenvalue weighted by Crippen LogP contribution is 2.33. The third-order valence-electron chi connectivity index (χ3n) is 5.67. The number of para-hydroxylation sites is 2. The number of carboxylic acid groups (broad SMARTS) is 1. The molecular formula is C20H27N5O2. The van der Waals surface area contributed by atoms with Crippen molar-refractivity contribution in [3.8, 4) is 0 Å². The SMILES string of the molecule is CCN(CC(=O)O)C1CC(Nc2nc3ccccc3nc2N2CCCC2)C1. The van der Waals surface area contributed by atoms with E-state index in [1.54, 1.807) is 0 Å². The molecule has 0 radical (unpaired) electrons. The molecule has 1 aliphatic carbocycles. The number of carbonyl (C=O) groups is 1. The number of anilines is 2. The fourth-order valence-electron chi connectivity index (χ4n) is 4.11. The molecule has 144 valence electrons. The molecule has 0 spiro atoms. The minimum Gasteiger partial charge on any atom is -0.480 e. The standard InChI is InChI=1S/C20H27N5O2/c1-2-24(13-18(26)27)15-11-14(12-15)21-19-20(25-9-5-6-10-25)23-17-8-4-3-7-16(17)22-19/h3-4,7-8,14-15H,2,5-6,9-13H2,1H3,(H,21,22)(H,26,27). The number of rotatable bonds is 7. The van der Waals surface area contributed by atoms with Gasteiger partial charge in [0, 0.05) is 25.2 Å². The Kier molecular flexibility index (Phi) is 5.11. The first kappa shape index (κ1) is 18.0. The summed E-state index contributed by atoms with van der Waals surface area (Å²) < 4.78 is 0. The van der Waals surface area contributed by atoms with E-state index in [0.29, 0.717) is 12.1 Å². The van der Waals surface area contributed by atoms with E-state index in [0.717, 1.165) is 55.1 Å². The van der Waals surface area contributed by atoms with E-state index in [2.05, 4.69) is 10.2 Å². The number of fused-ring (bicyclic) bond motifs is 1. The number of likely N-dealkylation sites (N-methyl/N-ethyl adjacent to an activating group) is 1. The van der Waals surface area contributed by atoms with Crippen molar-refractivity contribution < 1.29 is 9.90 Å². The first-order valence-corrected chi connectivity index (χ1v) is 9.88. The Hall–Kier alpha value is -2.41. The lowest BCUT2D eigenvalue weighted by atomic mass is 9.85. The molecule has 1 aromatic heterocycles. The molecule has 27 heavy (non-hydrogen) atoms. The summed E-state index contributed by atoms with van der Waals surface area (Å²) in [5, 5.41) is 12.7. The number of nitrogens with zero attached hydrogens (tertiary/aromatic N) is 4. The fourth-order valence-corrected chi connectivity index (χ4v) is 4.11. The monoisotopic (exact) mass is 369 g/mol. The molecule has 0 atom stereocenters. The van der Waals surface area contributed by atoms with Gasteiger partial charge in [0.1, 0.15) is 0 Å². The van der Waals surface area contributed by atoms with Crippen molar-refractivity contribution in [2.45, 2.75) is 44.7 Å². The van der Waals surface area contributed by atoms with Crippen LogP contribution in [0, 0.1) is 0 Å². The highest BCUT2D eigenvalue weighted by atomic mass is 16.4. The molecule has 0 unspecified atom stereocenters. The minimum atomic E-state index is -0.759. The molecule has 2 aliphatic rings. The molecule has 2 heterocycles. The van der Waals surface area contributed by atoms with Crippen molar-refractivity contribution in [2.24, 2.45) is 0 Å². The summed E-state index contributed by atoms with van der Waals surface area (Å²) in [5.41, 5.74) is 1.83. The Labute approximate surface area is 159 Å². The Morgan fingerprint density at radius 3 is 2.52 bits per heavy atom.